The smallest absolute Gasteiger partial charge is 0.220 e. The van der Waals surface area contributed by atoms with Crippen molar-refractivity contribution in [3.8, 4) is 11.8 Å². The minimum Gasteiger partial charge on any atom is -0.354 e. The lowest BCUT2D eigenvalue weighted by molar-refractivity contribution is -0.128. The first-order valence-electron chi connectivity index (χ1n) is 9.18. The third-order valence-electron chi connectivity index (χ3n) is 5.06. The van der Waals surface area contributed by atoms with Gasteiger partial charge in [-0.05, 0) is 62.9 Å². The van der Waals surface area contributed by atoms with Gasteiger partial charge in [0.25, 0.3) is 0 Å². The third-order valence-corrected chi connectivity index (χ3v) is 5.06. The fraction of sp³-hybridized carbons (Fsp3) is 0.500. The van der Waals surface area contributed by atoms with Crippen LogP contribution in [0.3, 0.4) is 0 Å². The number of aryl methyl sites for hydroxylation is 2. The second-order valence-electron chi connectivity index (χ2n) is 7.18. The fourth-order valence-electron chi connectivity index (χ4n) is 3.64. The van der Waals surface area contributed by atoms with Gasteiger partial charge in [-0.3, -0.25) is 14.4 Å². The van der Waals surface area contributed by atoms with Crippen molar-refractivity contribution in [3.63, 3.8) is 0 Å². The van der Waals surface area contributed by atoms with E-state index in [9.17, 15) is 14.4 Å². The number of ketones is 2. The number of amides is 1. The second-order valence-corrected chi connectivity index (χ2v) is 7.18. The highest BCUT2D eigenvalue weighted by molar-refractivity contribution is 6.15. The average Bonchev–Trinajstić information content (AvgIpc) is 2.82. The molecule has 0 spiro atoms. The number of carbonyl (C=O) groups is 3. The average molecular weight is 353 g/mol. The van der Waals surface area contributed by atoms with Crippen molar-refractivity contribution in [3.05, 3.63) is 34.4 Å². The predicted molar refractivity (Wildman–Crippen MR) is 102 cm³/mol. The Hall–Kier alpha value is -2.41. The van der Waals surface area contributed by atoms with Crippen LogP contribution in [-0.4, -0.2) is 23.5 Å². The van der Waals surface area contributed by atoms with Gasteiger partial charge < -0.3 is 5.32 Å². The van der Waals surface area contributed by atoms with Crippen molar-refractivity contribution in [2.24, 2.45) is 5.92 Å². The summed E-state index contributed by atoms with van der Waals surface area (Å²) in [6, 6.07) is 3.91. The second kappa shape index (κ2) is 8.31. The summed E-state index contributed by atoms with van der Waals surface area (Å²) in [5, 5.41) is 2.87. The molecule has 1 saturated carbocycles. The van der Waals surface area contributed by atoms with Crippen molar-refractivity contribution in [2.45, 2.75) is 65.8 Å². The molecule has 0 aliphatic heterocycles. The van der Waals surface area contributed by atoms with E-state index in [1.165, 1.54) is 0 Å². The van der Waals surface area contributed by atoms with Crippen LogP contribution in [0.2, 0.25) is 0 Å². The number of carbonyl (C=O) groups excluding carboxylic acids is 3. The van der Waals surface area contributed by atoms with Gasteiger partial charge in [-0.25, -0.2) is 0 Å². The van der Waals surface area contributed by atoms with Gasteiger partial charge in [-0.2, -0.15) is 0 Å². The normalized spacial score (nSPS) is 20.5. The maximum Gasteiger partial charge on any atom is 0.220 e. The number of Topliss-reactive ketones (excluding diaryl/α,β-unsaturated/α-hetero) is 2. The molecule has 26 heavy (non-hydrogen) atoms. The molecule has 1 aromatic rings. The molecule has 4 nitrogen and oxygen atoms in total. The van der Waals surface area contributed by atoms with Gasteiger partial charge in [0.05, 0.1) is 0 Å². The molecule has 3 atom stereocenters. The molecule has 1 aromatic carbocycles. The molecule has 0 heterocycles. The number of nitrogens with one attached hydrogen (secondary N) is 1. The first-order chi connectivity index (χ1) is 12.3. The van der Waals surface area contributed by atoms with E-state index in [0.29, 0.717) is 0 Å². The SMILES string of the molecule is CC#Cc1cc(C)c(C2C(=O)CC(CC(=O)NC(C)CC)C2=O)c(C)c1. The van der Waals surface area contributed by atoms with E-state index in [4.69, 9.17) is 0 Å². The van der Waals surface area contributed by atoms with E-state index < -0.39 is 11.8 Å². The van der Waals surface area contributed by atoms with E-state index in [0.717, 1.165) is 28.7 Å². The predicted octanol–water partition coefficient (Wildman–Crippen LogP) is 3.22. The Morgan fingerprint density at radius 2 is 1.88 bits per heavy atom. The lowest BCUT2D eigenvalue weighted by atomic mass is 9.86. The number of hydrogen-bond acceptors (Lipinski definition) is 3. The van der Waals surface area contributed by atoms with Crippen molar-refractivity contribution < 1.29 is 14.4 Å². The van der Waals surface area contributed by atoms with Gasteiger partial charge in [0, 0.05) is 30.4 Å². The molecule has 1 fully saturated rings. The van der Waals surface area contributed by atoms with Gasteiger partial charge in [0.1, 0.15) is 11.7 Å². The van der Waals surface area contributed by atoms with Crippen LogP contribution in [-0.2, 0) is 14.4 Å². The minimum absolute atomic E-state index is 0.0715. The summed E-state index contributed by atoms with van der Waals surface area (Å²) in [5.74, 6) is 4.23. The van der Waals surface area contributed by atoms with Crippen molar-refractivity contribution in [2.75, 3.05) is 0 Å². The summed E-state index contributed by atoms with van der Waals surface area (Å²) in [4.78, 5) is 37.6. The Morgan fingerprint density at radius 3 is 2.42 bits per heavy atom. The molecule has 2 rings (SSSR count). The Bertz CT molecular complexity index is 774. The molecule has 3 unspecified atom stereocenters. The van der Waals surface area contributed by atoms with Crippen LogP contribution in [0.15, 0.2) is 12.1 Å². The van der Waals surface area contributed by atoms with Crippen molar-refractivity contribution >= 4 is 17.5 Å². The molecule has 1 N–H and O–H groups in total. The van der Waals surface area contributed by atoms with Crippen LogP contribution in [0, 0.1) is 31.6 Å². The standard InChI is InChI=1S/C22H27NO3/c1-6-8-16-9-13(3)20(14(4)10-16)21-18(24)11-17(22(21)26)12-19(25)23-15(5)7-2/h9-10,15,17,21H,7,11-12H2,1-5H3,(H,23,25). The zero-order valence-electron chi connectivity index (χ0n) is 16.2. The van der Waals surface area contributed by atoms with Crippen LogP contribution in [0.1, 0.15) is 68.2 Å². The van der Waals surface area contributed by atoms with Gasteiger partial charge in [0.2, 0.25) is 5.91 Å². The maximum atomic E-state index is 12.9. The summed E-state index contributed by atoms with van der Waals surface area (Å²) in [6.45, 7) is 9.51. The van der Waals surface area contributed by atoms with E-state index >= 15 is 0 Å². The van der Waals surface area contributed by atoms with E-state index in [1.54, 1.807) is 6.92 Å². The molecule has 4 heteroatoms. The first kappa shape index (κ1) is 19.9. The monoisotopic (exact) mass is 353 g/mol. The van der Waals surface area contributed by atoms with Gasteiger partial charge in [-0.1, -0.05) is 12.8 Å². The highest BCUT2D eigenvalue weighted by Crippen LogP contribution is 2.37. The molecule has 138 valence electrons. The zero-order chi connectivity index (χ0) is 19.4. The molecule has 1 aliphatic rings. The van der Waals surface area contributed by atoms with Crippen LogP contribution < -0.4 is 5.32 Å². The number of benzene rings is 1. The molecule has 0 aromatic heterocycles. The summed E-state index contributed by atoms with van der Waals surface area (Å²) in [6.07, 6.45) is 1.06. The highest BCUT2D eigenvalue weighted by Gasteiger charge is 2.43. The molecule has 0 saturated heterocycles. The van der Waals surface area contributed by atoms with Crippen LogP contribution >= 0.6 is 0 Å². The summed E-state index contributed by atoms with van der Waals surface area (Å²) >= 11 is 0. The molecular formula is C22H27NO3. The van der Waals surface area contributed by atoms with Gasteiger partial charge in [0.15, 0.2) is 5.78 Å². The third kappa shape index (κ3) is 4.22. The largest absolute Gasteiger partial charge is 0.354 e. The minimum atomic E-state index is -0.750. The Kier molecular flexibility index (Phi) is 6.37. The summed E-state index contributed by atoms with van der Waals surface area (Å²) in [5.41, 5.74) is 3.47. The van der Waals surface area contributed by atoms with E-state index in [2.05, 4.69) is 17.2 Å². The lowest BCUT2D eigenvalue weighted by Gasteiger charge is -2.16. The zero-order valence-corrected chi connectivity index (χ0v) is 16.2. The topological polar surface area (TPSA) is 63.2 Å². The molecule has 1 amide bonds. The summed E-state index contributed by atoms with van der Waals surface area (Å²) < 4.78 is 0. The van der Waals surface area contributed by atoms with Gasteiger partial charge in [-0.15, -0.1) is 5.92 Å². The van der Waals surface area contributed by atoms with Crippen LogP contribution in [0.4, 0.5) is 0 Å². The molecule has 1 aliphatic carbocycles. The highest BCUT2D eigenvalue weighted by atomic mass is 16.2. The molecule has 0 radical (unpaired) electrons. The quantitative estimate of drug-likeness (QED) is 0.653. The molecule has 0 bridgehead atoms. The Morgan fingerprint density at radius 1 is 1.27 bits per heavy atom. The Labute approximate surface area is 155 Å². The number of rotatable bonds is 5. The van der Waals surface area contributed by atoms with Crippen molar-refractivity contribution in [1.82, 2.24) is 5.32 Å². The fourth-order valence-corrected chi connectivity index (χ4v) is 3.64. The van der Waals surface area contributed by atoms with Crippen LogP contribution in [0.25, 0.3) is 0 Å². The number of hydrogen-bond donors (Lipinski definition) is 1. The van der Waals surface area contributed by atoms with Crippen molar-refractivity contribution in [1.29, 1.82) is 0 Å². The lowest BCUT2D eigenvalue weighted by Crippen LogP contribution is -2.34. The summed E-state index contributed by atoms with van der Waals surface area (Å²) in [7, 11) is 0. The Balaban J connectivity index is 2.24. The van der Waals surface area contributed by atoms with E-state index in [1.807, 2.05) is 39.8 Å². The van der Waals surface area contributed by atoms with E-state index in [-0.39, 0.29) is 36.4 Å². The van der Waals surface area contributed by atoms with Crippen LogP contribution in [0.5, 0.6) is 0 Å². The van der Waals surface area contributed by atoms with Gasteiger partial charge >= 0.3 is 0 Å². The maximum absolute atomic E-state index is 12.9. The first-order valence-corrected chi connectivity index (χ1v) is 9.18. The molecular weight excluding hydrogens is 326 g/mol.